The molecule has 1 atom stereocenters. The predicted molar refractivity (Wildman–Crippen MR) is 88.9 cm³/mol. The van der Waals surface area contributed by atoms with Crippen molar-refractivity contribution in [2.45, 2.75) is 76.4 Å². The van der Waals surface area contributed by atoms with Crippen LogP contribution in [0.4, 0.5) is 5.69 Å². The SMILES string of the molecule is CC(C)(C)c1ccccc1NCC1CCC2(CCCC2)O1. The van der Waals surface area contributed by atoms with Crippen LogP contribution in [0.5, 0.6) is 0 Å². The van der Waals surface area contributed by atoms with Gasteiger partial charge < -0.3 is 10.1 Å². The number of rotatable bonds is 3. The normalized spacial score (nSPS) is 24.6. The second-order valence-electron chi connectivity index (χ2n) is 7.85. The highest BCUT2D eigenvalue weighted by atomic mass is 16.5. The van der Waals surface area contributed by atoms with Crippen molar-refractivity contribution in [3.63, 3.8) is 0 Å². The van der Waals surface area contributed by atoms with Gasteiger partial charge >= 0.3 is 0 Å². The minimum absolute atomic E-state index is 0.173. The molecule has 1 aliphatic carbocycles. The van der Waals surface area contributed by atoms with Crippen molar-refractivity contribution in [1.29, 1.82) is 0 Å². The third-order valence-electron chi connectivity index (χ3n) is 5.11. The Hall–Kier alpha value is -1.02. The zero-order valence-electron chi connectivity index (χ0n) is 13.7. The van der Waals surface area contributed by atoms with Gasteiger partial charge in [-0.1, -0.05) is 51.8 Å². The molecule has 21 heavy (non-hydrogen) atoms. The van der Waals surface area contributed by atoms with E-state index in [-0.39, 0.29) is 11.0 Å². The van der Waals surface area contributed by atoms with Crippen molar-refractivity contribution in [3.8, 4) is 0 Å². The fourth-order valence-electron chi connectivity index (χ4n) is 3.94. The van der Waals surface area contributed by atoms with Gasteiger partial charge in [0.2, 0.25) is 0 Å². The van der Waals surface area contributed by atoms with Gasteiger partial charge in [-0.2, -0.15) is 0 Å². The van der Waals surface area contributed by atoms with Crippen LogP contribution in [0.25, 0.3) is 0 Å². The fraction of sp³-hybridized carbons (Fsp3) is 0.684. The summed E-state index contributed by atoms with van der Waals surface area (Å²) in [5, 5.41) is 3.64. The summed E-state index contributed by atoms with van der Waals surface area (Å²) in [4.78, 5) is 0. The van der Waals surface area contributed by atoms with E-state index in [2.05, 4.69) is 50.4 Å². The number of hydrogen-bond acceptors (Lipinski definition) is 2. The Morgan fingerprint density at radius 1 is 1.14 bits per heavy atom. The number of ether oxygens (including phenoxy) is 1. The van der Waals surface area contributed by atoms with E-state index in [0.29, 0.717) is 6.10 Å². The smallest absolute Gasteiger partial charge is 0.0756 e. The van der Waals surface area contributed by atoms with E-state index in [1.54, 1.807) is 0 Å². The van der Waals surface area contributed by atoms with Crippen LogP contribution in [0.2, 0.25) is 0 Å². The summed E-state index contributed by atoms with van der Waals surface area (Å²) in [7, 11) is 0. The average molecular weight is 287 g/mol. The summed E-state index contributed by atoms with van der Waals surface area (Å²) in [6, 6.07) is 8.67. The Bertz CT molecular complexity index is 483. The second-order valence-corrected chi connectivity index (χ2v) is 7.85. The molecule has 3 rings (SSSR count). The average Bonchev–Trinajstić information content (AvgIpc) is 3.07. The zero-order valence-corrected chi connectivity index (χ0v) is 13.7. The number of anilines is 1. The summed E-state index contributed by atoms with van der Waals surface area (Å²) in [6.07, 6.45) is 8.13. The highest BCUT2D eigenvalue weighted by molar-refractivity contribution is 5.54. The molecule has 1 spiro atoms. The monoisotopic (exact) mass is 287 g/mol. The largest absolute Gasteiger partial charge is 0.382 e. The molecular weight excluding hydrogens is 258 g/mol. The van der Waals surface area contributed by atoms with Crippen molar-refractivity contribution in [2.75, 3.05) is 11.9 Å². The number of para-hydroxylation sites is 1. The quantitative estimate of drug-likeness (QED) is 0.854. The minimum atomic E-state index is 0.173. The Morgan fingerprint density at radius 3 is 2.57 bits per heavy atom. The van der Waals surface area contributed by atoms with E-state index < -0.39 is 0 Å². The molecule has 1 heterocycles. The van der Waals surface area contributed by atoms with Gasteiger partial charge in [-0.15, -0.1) is 0 Å². The standard InChI is InChI=1S/C19H29NO/c1-18(2,3)16-8-4-5-9-17(16)20-14-15-10-13-19(21-15)11-6-7-12-19/h4-5,8-9,15,20H,6-7,10-14H2,1-3H3. The second kappa shape index (κ2) is 5.64. The van der Waals surface area contributed by atoms with E-state index in [4.69, 9.17) is 4.74 Å². The molecule has 0 aromatic heterocycles. The molecule has 0 bridgehead atoms. The summed E-state index contributed by atoms with van der Waals surface area (Å²) >= 11 is 0. The number of benzene rings is 1. The van der Waals surface area contributed by atoms with Gasteiger partial charge in [0.1, 0.15) is 0 Å². The van der Waals surface area contributed by atoms with E-state index >= 15 is 0 Å². The maximum atomic E-state index is 6.39. The van der Waals surface area contributed by atoms with Crippen molar-refractivity contribution in [1.82, 2.24) is 0 Å². The van der Waals surface area contributed by atoms with E-state index in [0.717, 1.165) is 6.54 Å². The maximum Gasteiger partial charge on any atom is 0.0756 e. The third-order valence-corrected chi connectivity index (χ3v) is 5.11. The summed E-state index contributed by atoms with van der Waals surface area (Å²) in [6.45, 7) is 7.75. The molecule has 116 valence electrons. The lowest BCUT2D eigenvalue weighted by atomic mass is 9.86. The van der Waals surface area contributed by atoms with Crippen molar-refractivity contribution >= 4 is 5.69 Å². The first-order valence-corrected chi connectivity index (χ1v) is 8.50. The molecule has 1 saturated heterocycles. The van der Waals surface area contributed by atoms with Gasteiger partial charge in [-0.25, -0.2) is 0 Å². The van der Waals surface area contributed by atoms with Crippen LogP contribution in [0, 0.1) is 0 Å². The van der Waals surface area contributed by atoms with Crippen LogP contribution >= 0.6 is 0 Å². The van der Waals surface area contributed by atoms with Crippen molar-refractivity contribution in [2.24, 2.45) is 0 Å². The van der Waals surface area contributed by atoms with Crippen LogP contribution < -0.4 is 5.32 Å². The molecule has 1 saturated carbocycles. The van der Waals surface area contributed by atoms with E-state index in [1.807, 2.05) is 0 Å². The third kappa shape index (κ3) is 3.26. The molecule has 2 fully saturated rings. The van der Waals surface area contributed by atoms with Gasteiger partial charge in [-0.05, 0) is 42.7 Å². The first-order chi connectivity index (χ1) is 9.99. The molecule has 0 radical (unpaired) electrons. The Kier molecular flexibility index (Phi) is 4.00. The lowest BCUT2D eigenvalue weighted by Gasteiger charge is -2.26. The van der Waals surface area contributed by atoms with Gasteiger partial charge in [-0.3, -0.25) is 0 Å². The van der Waals surface area contributed by atoms with Gasteiger partial charge in [0.05, 0.1) is 11.7 Å². The van der Waals surface area contributed by atoms with E-state index in [9.17, 15) is 0 Å². The fourth-order valence-corrected chi connectivity index (χ4v) is 3.94. The van der Waals surface area contributed by atoms with Crippen LogP contribution in [0.1, 0.15) is 64.9 Å². The molecular formula is C19H29NO. The Morgan fingerprint density at radius 2 is 1.86 bits per heavy atom. The van der Waals surface area contributed by atoms with Crippen LogP contribution in [0.3, 0.4) is 0 Å². The molecule has 2 heteroatoms. The van der Waals surface area contributed by atoms with Gasteiger partial charge in [0.25, 0.3) is 0 Å². The first-order valence-electron chi connectivity index (χ1n) is 8.50. The van der Waals surface area contributed by atoms with E-state index in [1.165, 1.54) is 49.8 Å². The Labute approximate surface area is 129 Å². The molecule has 1 aromatic carbocycles. The van der Waals surface area contributed by atoms with Crippen LogP contribution in [-0.2, 0) is 10.2 Å². The van der Waals surface area contributed by atoms with Crippen LogP contribution in [0.15, 0.2) is 24.3 Å². The van der Waals surface area contributed by atoms with Crippen molar-refractivity contribution in [3.05, 3.63) is 29.8 Å². The lowest BCUT2D eigenvalue weighted by Crippen LogP contribution is -2.28. The zero-order chi connectivity index (χ0) is 14.9. The predicted octanol–water partition coefficient (Wildman–Crippen LogP) is 4.89. The topological polar surface area (TPSA) is 21.3 Å². The highest BCUT2D eigenvalue weighted by Crippen LogP contribution is 2.43. The van der Waals surface area contributed by atoms with Gasteiger partial charge in [0.15, 0.2) is 0 Å². The summed E-state index contributed by atoms with van der Waals surface area (Å²) in [5.41, 5.74) is 3.07. The lowest BCUT2D eigenvalue weighted by molar-refractivity contribution is -0.0307. The highest BCUT2D eigenvalue weighted by Gasteiger charge is 2.41. The minimum Gasteiger partial charge on any atom is -0.382 e. The molecule has 1 aromatic rings. The van der Waals surface area contributed by atoms with Crippen molar-refractivity contribution < 1.29 is 4.74 Å². The van der Waals surface area contributed by atoms with Crippen LogP contribution in [-0.4, -0.2) is 18.2 Å². The Balaban J connectivity index is 1.61. The molecule has 1 N–H and O–H groups in total. The summed E-state index contributed by atoms with van der Waals surface area (Å²) < 4.78 is 6.39. The molecule has 1 aliphatic heterocycles. The summed E-state index contributed by atoms with van der Waals surface area (Å²) in [5.74, 6) is 0. The first kappa shape index (κ1) is 14.9. The molecule has 2 nitrogen and oxygen atoms in total. The molecule has 0 amide bonds. The molecule has 1 unspecified atom stereocenters. The maximum absolute atomic E-state index is 6.39. The molecule has 2 aliphatic rings. The van der Waals surface area contributed by atoms with Gasteiger partial charge in [0, 0.05) is 12.2 Å². The number of nitrogens with one attached hydrogen (secondary N) is 1. The number of hydrogen-bond donors (Lipinski definition) is 1.